The molecular weight excluding hydrogens is 418 g/mol. The second-order valence-corrected chi connectivity index (χ2v) is 8.66. The Kier molecular flexibility index (Phi) is 7.16. The highest BCUT2D eigenvalue weighted by molar-refractivity contribution is 7.91. The minimum atomic E-state index is -3.45. The van der Waals surface area contributed by atoms with Crippen LogP contribution in [0.4, 0.5) is 0 Å². The molecule has 0 saturated heterocycles. The number of nitrogens with one attached hydrogen (secondary N) is 1. The number of para-hydroxylation sites is 2. The van der Waals surface area contributed by atoms with Crippen LogP contribution >= 0.6 is 0 Å². The van der Waals surface area contributed by atoms with E-state index in [1.807, 2.05) is 0 Å². The van der Waals surface area contributed by atoms with Gasteiger partial charge in [-0.05, 0) is 18.6 Å². The molecule has 0 fully saturated rings. The van der Waals surface area contributed by atoms with E-state index in [-0.39, 0.29) is 23.6 Å². The van der Waals surface area contributed by atoms with Crippen LogP contribution in [-0.2, 0) is 14.6 Å². The zero-order valence-electron chi connectivity index (χ0n) is 16.2. The molecule has 0 aliphatic heterocycles. The first kappa shape index (κ1) is 22.9. The number of aliphatic carboxylic acids is 1. The zero-order chi connectivity index (χ0) is 22.5. The number of hydrogen-bond acceptors (Lipinski definition) is 8. The fourth-order valence-electron chi connectivity index (χ4n) is 2.51. The number of nitrogens with zero attached hydrogens (tertiary/aromatic N) is 2. The standard InChI is InChI=1S/C18H21N3O8S/c1-3-30(27,28)9-8-11(18(25)26)19-17(24)16-13(22)10-15(23)21(20-16)12-6-4-5-7-14(12)29-2/h4-7,10-11,22H,3,8-9H2,1-2H3,(H,19,24)(H,25,26). The van der Waals surface area contributed by atoms with Gasteiger partial charge in [0.25, 0.3) is 11.5 Å². The fraction of sp³-hybridized carbons (Fsp3) is 0.333. The van der Waals surface area contributed by atoms with Crippen LogP contribution in [0.2, 0.25) is 0 Å². The molecule has 2 rings (SSSR count). The van der Waals surface area contributed by atoms with E-state index >= 15 is 0 Å². The molecule has 12 heteroatoms. The molecule has 0 aliphatic carbocycles. The molecule has 1 aromatic carbocycles. The molecule has 1 heterocycles. The van der Waals surface area contributed by atoms with Gasteiger partial charge in [-0.1, -0.05) is 19.1 Å². The van der Waals surface area contributed by atoms with Crippen molar-refractivity contribution in [1.82, 2.24) is 15.1 Å². The molecule has 0 bridgehead atoms. The first-order chi connectivity index (χ1) is 14.1. The number of aromatic nitrogens is 2. The molecule has 0 radical (unpaired) electrons. The second-order valence-electron chi connectivity index (χ2n) is 6.19. The molecule has 2 aromatic rings. The number of rotatable bonds is 9. The predicted octanol–water partition coefficient (Wildman–Crippen LogP) is -0.0455. The summed E-state index contributed by atoms with van der Waals surface area (Å²) in [6.45, 7) is 1.42. The number of ether oxygens (including phenoxy) is 1. The number of sulfone groups is 1. The zero-order valence-corrected chi connectivity index (χ0v) is 17.0. The third kappa shape index (κ3) is 5.35. The number of aromatic hydroxyl groups is 1. The van der Waals surface area contributed by atoms with E-state index in [9.17, 15) is 33.0 Å². The van der Waals surface area contributed by atoms with Crippen LogP contribution < -0.4 is 15.6 Å². The number of methoxy groups -OCH3 is 1. The number of carboxylic acids is 1. The minimum absolute atomic E-state index is 0.167. The molecule has 1 aromatic heterocycles. The van der Waals surface area contributed by atoms with Gasteiger partial charge in [-0.3, -0.25) is 9.59 Å². The van der Waals surface area contributed by atoms with Gasteiger partial charge >= 0.3 is 5.97 Å². The van der Waals surface area contributed by atoms with E-state index in [1.165, 1.54) is 20.1 Å². The Morgan fingerprint density at radius 3 is 2.57 bits per heavy atom. The van der Waals surface area contributed by atoms with Gasteiger partial charge in [0.15, 0.2) is 11.4 Å². The van der Waals surface area contributed by atoms with Gasteiger partial charge in [-0.15, -0.1) is 0 Å². The smallest absolute Gasteiger partial charge is 0.326 e. The Balaban J connectivity index is 2.37. The number of amides is 1. The van der Waals surface area contributed by atoms with Crippen molar-refractivity contribution in [1.29, 1.82) is 0 Å². The van der Waals surface area contributed by atoms with Gasteiger partial charge < -0.3 is 20.3 Å². The molecule has 1 amide bonds. The van der Waals surface area contributed by atoms with E-state index in [4.69, 9.17) is 4.74 Å². The summed E-state index contributed by atoms with van der Waals surface area (Å²) in [6.07, 6.45) is -0.371. The van der Waals surface area contributed by atoms with Crippen molar-refractivity contribution < 1.29 is 33.0 Å². The summed E-state index contributed by atoms with van der Waals surface area (Å²) >= 11 is 0. The summed E-state index contributed by atoms with van der Waals surface area (Å²) in [6, 6.07) is 5.54. The lowest BCUT2D eigenvalue weighted by Crippen LogP contribution is -2.42. The van der Waals surface area contributed by atoms with Gasteiger partial charge in [0.1, 0.15) is 27.3 Å². The lowest BCUT2D eigenvalue weighted by molar-refractivity contribution is -0.139. The monoisotopic (exact) mass is 439 g/mol. The first-order valence-electron chi connectivity index (χ1n) is 8.80. The summed E-state index contributed by atoms with van der Waals surface area (Å²) < 4.78 is 29.2. The van der Waals surface area contributed by atoms with E-state index in [0.717, 1.165) is 10.7 Å². The van der Waals surface area contributed by atoms with Gasteiger partial charge in [0.2, 0.25) is 0 Å². The molecule has 1 unspecified atom stereocenters. The molecule has 0 aliphatic rings. The average Bonchev–Trinajstić information content (AvgIpc) is 2.70. The molecule has 0 spiro atoms. The normalized spacial score (nSPS) is 12.2. The minimum Gasteiger partial charge on any atom is -0.505 e. The van der Waals surface area contributed by atoms with Crippen LogP contribution in [0, 0.1) is 0 Å². The number of benzene rings is 1. The highest BCUT2D eigenvalue weighted by Crippen LogP contribution is 2.21. The topological polar surface area (TPSA) is 165 Å². The van der Waals surface area contributed by atoms with E-state index in [2.05, 4.69) is 10.4 Å². The Morgan fingerprint density at radius 1 is 1.30 bits per heavy atom. The maximum absolute atomic E-state index is 12.5. The Labute approximate surface area is 171 Å². The quantitative estimate of drug-likeness (QED) is 0.486. The van der Waals surface area contributed by atoms with E-state index in [1.54, 1.807) is 18.2 Å². The summed E-state index contributed by atoms with van der Waals surface area (Å²) in [5.41, 5.74) is -1.16. The number of carboxylic acid groups (broad SMARTS) is 1. The molecular formula is C18H21N3O8S. The van der Waals surface area contributed by atoms with Crippen molar-refractivity contribution in [3.63, 3.8) is 0 Å². The molecule has 162 valence electrons. The largest absolute Gasteiger partial charge is 0.505 e. The predicted molar refractivity (Wildman–Crippen MR) is 106 cm³/mol. The Morgan fingerprint density at radius 2 is 1.97 bits per heavy atom. The van der Waals surface area contributed by atoms with E-state index in [0.29, 0.717) is 0 Å². The van der Waals surface area contributed by atoms with Gasteiger partial charge in [-0.25, -0.2) is 13.2 Å². The third-order valence-corrected chi connectivity index (χ3v) is 5.94. The molecule has 3 N–H and O–H groups in total. The molecule has 11 nitrogen and oxygen atoms in total. The number of carbonyl (C=O) groups is 2. The second kappa shape index (κ2) is 9.39. The van der Waals surface area contributed by atoms with Crippen LogP contribution in [0.5, 0.6) is 11.5 Å². The maximum Gasteiger partial charge on any atom is 0.326 e. The van der Waals surface area contributed by atoms with Crippen LogP contribution in [0.3, 0.4) is 0 Å². The Bertz CT molecular complexity index is 1110. The van der Waals surface area contributed by atoms with Crippen molar-refractivity contribution in [3.8, 4) is 17.2 Å². The van der Waals surface area contributed by atoms with Crippen molar-refractivity contribution in [2.24, 2.45) is 0 Å². The summed E-state index contributed by atoms with van der Waals surface area (Å²) in [5, 5.41) is 25.2. The highest BCUT2D eigenvalue weighted by Gasteiger charge is 2.26. The van der Waals surface area contributed by atoms with Crippen LogP contribution in [0.15, 0.2) is 35.1 Å². The average molecular weight is 439 g/mol. The SMILES string of the molecule is CCS(=O)(=O)CCC(NC(=O)c1nn(-c2ccccc2OC)c(=O)cc1O)C(=O)O. The lowest BCUT2D eigenvalue weighted by atomic mass is 10.2. The number of hydrogen-bond donors (Lipinski definition) is 3. The van der Waals surface area contributed by atoms with Gasteiger partial charge in [0.05, 0.1) is 12.9 Å². The summed E-state index contributed by atoms with van der Waals surface area (Å²) in [5.74, 6) is -3.63. The van der Waals surface area contributed by atoms with Crippen molar-refractivity contribution in [2.75, 3.05) is 18.6 Å². The van der Waals surface area contributed by atoms with Crippen molar-refractivity contribution in [2.45, 2.75) is 19.4 Å². The molecule has 0 saturated carbocycles. The lowest BCUT2D eigenvalue weighted by Gasteiger charge is -2.15. The maximum atomic E-state index is 12.5. The molecule has 1 atom stereocenters. The fourth-order valence-corrected chi connectivity index (χ4v) is 3.40. The Hall–Kier alpha value is -3.41. The number of carbonyl (C=O) groups excluding carboxylic acids is 1. The van der Waals surface area contributed by atoms with Crippen molar-refractivity contribution in [3.05, 3.63) is 46.4 Å². The summed E-state index contributed by atoms with van der Waals surface area (Å²) in [7, 11) is -2.08. The highest BCUT2D eigenvalue weighted by atomic mass is 32.2. The van der Waals surface area contributed by atoms with Gasteiger partial charge in [0, 0.05) is 11.8 Å². The van der Waals surface area contributed by atoms with Crippen LogP contribution in [0.1, 0.15) is 23.8 Å². The summed E-state index contributed by atoms with van der Waals surface area (Å²) in [4.78, 5) is 36.2. The van der Waals surface area contributed by atoms with Crippen LogP contribution in [-0.4, -0.2) is 64.9 Å². The van der Waals surface area contributed by atoms with Crippen LogP contribution in [0.25, 0.3) is 5.69 Å². The third-order valence-electron chi connectivity index (χ3n) is 4.20. The van der Waals surface area contributed by atoms with Crippen molar-refractivity contribution >= 4 is 21.7 Å². The van der Waals surface area contributed by atoms with E-state index < -0.39 is 50.5 Å². The first-order valence-corrected chi connectivity index (χ1v) is 10.6. The van der Waals surface area contributed by atoms with Gasteiger partial charge in [-0.2, -0.15) is 9.78 Å². The molecule has 30 heavy (non-hydrogen) atoms.